The van der Waals surface area contributed by atoms with E-state index in [0.29, 0.717) is 24.1 Å². The first kappa shape index (κ1) is 23.9. The molecule has 7 nitrogen and oxygen atoms in total. The van der Waals surface area contributed by atoms with Crippen molar-refractivity contribution in [2.75, 3.05) is 13.2 Å². The number of hydrogen-bond acceptors (Lipinski definition) is 5. The van der Waals surface area contributed by atoms with E-state index in [9.17, 15) is 35.2 Å². The van der Waals surface area contributed by atoms with Gasteiger partial charge >= 0.3 is 6.18 Å². The molecule has 2 aromatic rings. The number of halogens is 5. The molecule has 1 aromatic heterocycles. The molecule has 0 aliphatic carbocycles. The van der Waals surface area contributed by atoms with Crippen LogP contribution in [0.4, 0.5) is 22.0 Å². The summed E-state index contributed by atoms with van der Waals surface area (Å²) in [6.07, 6.45) is -1.53. The second kappa shape index (κ2) is 9.36. The van der Waals surface area contributed by atoms with E-state index >= 15 is 0 Å². The van der Waals surface area contributed by atoms with Gasteiger partial charge in [0.1, 0.15) is 11.8 Å². The molecule has 174 valence electrons. The zero-order chi connectivity index (χ0) is 23.5. The highest BCUT2D eigenvalue weighted by atomic mass is 32.2. The molecule has 0 bridgehead atoms. The highest BCUT2D eigenvalue weighted by molar-refractivity contribution is 7.89. The van der Waals surface area contributed by atoms with Gasteiger partial charge in [-0.05, 0) is 42.7 Å². The molecule has 13 heteroatoms. The Morgan fingerprint density at radius 3 is 2.62 bits per heavy atom. The molecule has 1 N–H and O–H groups in total. The van der Waals surface area contributed by atoms with Gasteiger partial charge in [-0.3, -0.25) is 9.78 Å². The number of alkyl halides is 3. The molecular weight excluding hydrogens is 461 g/mol. The number of hydrogen-bond donors (Lipinski definition) is 1. The minimum absolute atomic E-state index is 0.0156. The van der Waals surface area contributed by atoms with Gasteiger partial charge in [0.25, 0.3) is 0 Å². The maximum atomic E-state index is 13.5. The van der Waals surface area contributed by atoms with Crippen molar-refractivity contribution in [3.8, 4) is 5.75 Å². The number of benzene rings is 1. The van der Waals surface area contributed by atoms with Crippen molar-refractivity contribution in [2.24, 2.45) is 0 Å². The lowest BCUT2D eigenvalue weighted by molar-refractivity contribution is -0.153. The predicted octanol–water partition coefficient (Wildman–Crippen LogP) is 2.77. The zero-order valence-corrected chi connectivity index (χ0v) is 17.2. The number of pyridine rings is 1. The van der Waals surface area contributed by atoms with Crippen molar-refractivity contribution in [3.63, 3.8) is 0 Å². The quantitative estimate of drug-likeness (QED) is 0.617. The van der Waals surface area contributed by atoms with Crippen molar-refractivity contribution >= 4 is 15.9 Å². The van der Waals surface area contributed by atoms with Crippen molar-refractivity contribution in [2.45, 2.75) is 36.5 Å². The van der Waals surface area contributed by atoms with Gasteiger partial charge < -0.3 is 10.1 Å². The topological polar surface area (TPSA) is 88.6 Å². The minimum Gasteiger partial charge on any atom is -0.482 e. The third kappa shape index (κ3) is 5.71. The normalized spacial score (nSPS) is 17.3. The van der Waals surface area contributed by atoms with Crippen molar-refractivity contribution in [3.05, 3.63) is 53.9 Å². The summed E-state index contributed by atoms with van der Waals surface area (Å²) in [5, 5.41) is 2.52. The van der Waals surface area contributed by atoms with Crippen LogP contribution < -0.4 is 10.1 Å². The summed E-state index contributed by atoms with van der Waals surface area (Å²) in [6.45, 7) is -1.62. The Bertz CT molecular complexity index is 1090. The fourth-order valence-electron chi connectivity index (χ4n) is 3.17. The first-order valence-electron chi connectivity index (χ1n) is 9.35. The Morgan fingerprint density at radius 1 is 1.19 bits per heavy atom. The van der Waals surface area contributed by atoms with E-state index in [1.165, 1.54) is 12.3 Å². The van der Waals surface area contributed by atoms with Crippen LogP contribution in [0.5, 0.6) is 5.75 Å². The van der Waals surface area contributed by atoms with E-state index in [2.05, 4.69) is 15.0 Å². The molecule has 3 rings (SSSR count). The third-order valence-electron chi connectivity index (χ3n) is 4.64. The van der Waals surface area contributed by atoms with Gasteiger partial charge in [0, 0.05) is 19.3 Å². The van der Waals surface area contributed by atoms with Gasteiger partial charge in [0.2, 0.25) is 15.9 Å². The van der Waals surface area contributed by atoms with Crippen molar-refractivity contribution in [1.82, 2.24) is 14.6 Å². The standard InChI is InChI=1S/C19H18F5N3O4S/c20-15-4-3-14(7-16(15)21)32(29,30)27-5-1-2-17(27)18(28)26-9-12-6-13(10-25-8-12)31-11-19(22,23)24/h3-4,6-8,10,17H,1-2,5,9,11H2,(H,26,28). The molecule has 1 atom stereocenters. The molecule has 1 saturated heterocycles. The van der Waals surface area contributed by atoms with Crippen molar-refractivity contribution < 1.29 is 39.9 Å². The number of carbonyl (C=O) groups excluding carboxylic acids is 1. The molecule has 1 aromatic carbocycles. The Hall–Kier alpha value is -2.80. The second-order valence-corrected chi connectivity index (χ2v) is 8.89. The van der Waals surface area contributed by atoms with Gasteiger partial charge in [-0.1, -0.05) is 0 Å². The number of rotatable bonds is 7. The van der Waals surface area contributed by atoms with Crippen LogP contribution in [-0.4, -0.2) is 49.0 Å². The van der Waals surface area contributed by atoms with E-state index < -0.39 is 51.3 Å². The smallest absolute Gasteiger partial charge is 0.422 e. The fraction of sp³-hybridized carbons (Fsp3) is 0.368. The van der Waals surface area contributed by atoms with Crippen LogP contribution >= 0.6 is 0 Å². The van der Waals surface area contributed by atoms with Gasteiger partial charge in [-0.2, -0.15) is 17.5 Å². The van der Waals surface area contributed by atoms with Crippen LogP contribution in [0.25, 0.3) is 0 Å². The maximum Gasteiger partial charge on any atom is 0.422 e. The van der Waals surface area contributed by atoms with Crippen LogP contribution in [0.1, 0.15) is 18.4 Å². The third-order valence-corrected chi connectivity index (χ3v) is 6.55. The molecule has 2 heterocycles. The van der Waals surface area contributed by atoms with Crippen LogP contribution in [0, 0.1) is 11.6 Å². The molecule has 1 aliphatic rings. The highest BCUT2D eigenvalue weighted by Gasteiger charge is 2.39. The first-order valence-corrected chi connectivity index (χ1v) is 10.8. The average molecular weight is 479 g/mol. The number of nitrogens with zero attached hydrogens (tertiary/aromatic N) is 2. The zero-order valence-electron chi connectivity index (χ0n) is 16.4. The molecule has 1 aliphatic heterocycles. The average Bonchev–Trinajstić information content (AvgIpc) is 3.23. The van der Waals surface area contributed by atoms with Crippen LogP contribution in [-0.2, 0) is 21.4 Å². The molecule has 1 amide bonds. The molecule has 1 fully saturated rings. The highest BCUT2D eigenvalue weighted by Crippen LogP contribution is 2.27. The summed E-state index contributed by atoms with van der Waals surface area (Å²) < 4.78 is 94.6. The summed E-state index contributed by atoms with van der Waals surface area (Å²) in [6, 6.07) is 2.35. The lowest BCUT2D eigenvalue weighted by Gasteiger charge is -2.23. The van der Waals surface area contributed by atoms with Crippen LogP contribution in [0.2, 0.25) is 0 Å². The summed E-state index contributed by atoms with van der Waals surface area (Å²) in [5.74, 6) is -3.31. The van der Waals surface area contributed by atoms with Gasteiger partial charge in [0.05, 0.1) is 11.1 Å². The number of nitrogens with one attached hydrogen (secondary N) is 1. The largest absolute Gasteiger partial charge is 0.482 e. The Labute approximate surface area is 180 Å². The molecule has 32 heavy (non-hydrogen) atoms. The lowest BCUT2D eigenvalue weighted by Crippen LogP contribution is -2.45. The van der Waals surface area contributed by atoms with E-state index in [0.717, 1.165) is 16.6 Å². The van der Waals surface area contributed by atoms with Crippen molar-refractivity contribution in [1.29, 1.82) is 0 Å². The number of amides is 1. The molecular formula is C19H18F5N3O4S. The van der Waals surface area contributed by atoms with Gasteiger partial charge in [0.15, 0.2) is 18.2 Å². The first-order chi connectivity index (χ1) is 15.0. The Kier molecular flexibility index (Phi) is 6.98. The second-order valence-electron chi connectivity index (χ2n) is 7.00. The Balaban J connectivity index is 1.67. The van der Waals surface area contributed by atoms with Gasteiger partial charge in [-0.15, -0.1) is 0 Å². The number of sulfonamides is 1. The van der Waals surface area contributed by atoms with Crippen LogP contribution in [0.15, 0.2) is 41.6 Å². The Morgan fingerprint density at radius 2 is 1.94 bits per heavy atom. The van der Waals surface area contributed by atoms with E-state index in [-0.39, 0.29) is 25.3 Å². The molecule has 0 spiro atoms. The van der Waals surface area contributed by atoms with Crippen LogP contribution in [0.3, 0.4) is 0 Å². The fourth-order valence-corrected chi connectivity index (χ4v) is 4.84. The molecule has 0 radical (unpaired) electrons. The number of carbonyl (C=O) groups is 1. The lowest BCUT2D eigenvalue weighted by atomic mass is 10.2. The summed E-state index contributed by atoms with van der Waals surface area (Å²) in [5.41, 5.74) is 0.339. The monoisotopic (exact) mass is 479 g/mol. The van der Waals surface area contributed by atoms with Gasteiger partial charge in [-0.25, -0.2) is 17.2 Å². The molecule has 0 saturated carbocycles. The number of aromatic nitrogens is 1. The van der Waals surface area contributed by atoms with E-state index in [1.807, 2.05) is 0 Å². The van der Waals surface area contributed by atoms with E-state index in [4.69, 9.17) is 0 Å². The summed E-state index contributed by atoms with van der Waals surface area (Å²) in [4.78, 5) is 15.9. The predicted molar refractivity (Wildman–Crippen MR) is 101 cm³/mol. The van der Waals surface area contributed by atoms with E-state index in [1.54, 1.807) is 0 Å². The summed E-state index contributed by atoms with van der Waals surface area (Å²) in [7, 11) is -4.26. The SMILES string of the molecule is O=C(NCc1cncc(OCC(F)(F)F)c1)C1CCCN1S(=O)(=O)c1ccc(F)c(F)c1. The summed E-state index contributed by atoms with van der Waals surface area (Å²) >= 11 is 0. The molecule has 1 unspecified atom stereocenters. The minimum atomic E-state index is -4.52. The maximum absolute atomic E-state index is 13.5. The number of ether oxygens (including phenoxy) is 1.